The minimum Gasteiger partial charge on any atom is -0.461 e. The number of nitrogens with zero attached hydrogens (tertiary/aromatic N) is 2. The fourth-order valence-electron chi connectivity index (χ4n) is 3.04. The Balaban J connectivity index is 2.24. The van der Waals surface area contributed by atoms with E-state index in [1.54, 1.807) is 6.92 Å². The Kier molecular flexibility index (Phi) is 5.56. The van der Waals surface area contributed by atoms with E-state index < -0.39 is 5.97 Å². The molecule has 118 valence electrons. The van der Waals surface area contributed by atoms with Crippen molar-refractivity contribution in [2.45, 2.75) is 57.2 Å². The Labute approximate surface area is 130 Å². The first-order valence-corrected chi connectivity index (χ1v) is 8.97. The van der Waals surface area contributed by atoms with Crippen molar-refractivity contribution in [3.8, 4) is 0 Å². The van der Waals surface area contributed by atoms with Crippen molar-refractivity contribution < 1.29 is 9.53 Å². The number of rotatable bonds is 5. The number of hydrogen-bond donors (Lipinski definition) is 1. The van der Waals surface area contributed by atoms with Gasteiger partial charge < -0.3 is 15.0 Å². The number of hydrogen-bond acceptors (Lipinski definition) is 5. The van der Waals surface area contributed by atoms with Gasteiger partial charge in [0.15, 0.2) is 5.69 Å². The van der Waals surface area contributed by atoms with Gasteiger partial charge in [-0.15, -0.1) is 0 Å². The highest BCUT2D eigenvalue weighted by Crippen LogP contribution is 2.36. The molecule has 5 nitrogen and oxygen atoms in total. The lowest BCUT2D eigenvalue weighted by Crippen LogP contribution is -2.22. The first kappa shape index (κ1) is 16.2. The van der Waals surface area contributed by atoms with E-state index in [2.05, 4.69) is 15.8 Å². The molecule has 1 heterocycles. The Hall–Kier alpha value is -1.17. The molecule has 1 aliphatic carbocycles. The van der Waals surface area contributed by atoms with Gasteiger partial charge in [0.05, 0.1) is 6.61 Å². The molecule has 1 fully saturated rings. The molecule has 0 atom stereocenters. The van der Waals surface area contributed by atoms with Gasteiger partial charge in [-0.1, -0.05) is 6.92 Å². The summed E-state index contributed by atoms with van der Waals surface area (Å²) in [6, 6.07) is 0.360. The van der Waals surface area contributed by atoms with Crippen LogP contribution >= 0.6 is 11.8 Å². The lowest BCUT2D eigenvalue weighted by Gasteiger charge is -2.30. The SMILES string of the molecule is CCOC(=O)c1nc(CC)n(C2CCC(SC)CC2)c1N. The van der Waals surface area contributed by atoms with Gasteiger partial charge in [-0.25, -0.2) is 9.78 Å². The van der Waals surface area contributed by atoms with Gasteiger partial charge in [-0.05, 0) is 38.9 Å². The van der Waals surface area contributed by atoms with Crippen molar-refractivity contribution in [1.29, 1.82) is 0 Å². The number of nitrogens with two attached hydrogens (primary N) is 1. The second kappa shape index (κ2) is 7.20. The lowest BCUT2D eigenvalue weighted by atomic mass is 9.94. The Morgan fingerprint density at radius 1 is 1.38 bits per heavy atom. The van der Waals surface area contributed by atoms with Crippen LogP contribution in [0.25, 0.3) is 0 Å². The maximum absolute atomic E-state index is 11.9. The Bertz CT molecular complexity index is 493. The number of imidazole rings is 1. The number of aryl methyl sites for hydroxylation is 1. The first-order valence-electron chi connectivity index (χ1n) is 7.68. The molecule has 1 saturated carbocycles. The molecule has 1 aromatic rings. The van der Waals surface area contributed by atoms with Crippen LogP contribution in [-0.4, -0.2) is 33.6 Å². The molecule has 1 aliphatic rings. The van der Waals surface area contributed by atoms with Crippen LogP contribution in [0.4, 0.5) is 5.82 Å². The summed E-state index contributed by atoms with van der Waals surface area (Å²) in [4.78, 5) is 16.4. The molecule has 0 amide bonds. The summed E-state index contributed by atoms with van der Waals surface area (Å²) in [6.07, 6.45) is 7.53. The molecule has 0 saturated heterocycles. The number of thioether (sulfide) groups is 1. The molecule has 0 radical (unpaired) electrons. The first-order chi connectivity index (χ1) is 10.1. The fraction of sp³-hybridized carbons (Fsp3) is 0.733. The van der Waals surface area contributed by atoms with Crippen molar-refractivity contribution in [3.63, 3.8) is 0 Å². The van der Waals surface area contributed by atoms with Crippen molar-refractivity contribution in [2.75, 3.05) is 18.6 Å². The van der Waals surface area contributed by atoms with Crippen LogP contribution in [0, 0.1) is 0 Å². The Morgan fingerprint density at radius 3 is 2.57 bits per heavy atom. The van der Waals surface area contributed by atoms with E-state index in [0.717, 1.165) is 30.3 Å². The Morgan fingerprint density at radius 2 is 2.05 bits per heavy atom. The minimum atomic E-state index is -0.416. The number of esters is 1. The van der Waals surface area contributed by atoms with Gasteiger partial charge >= 0.3 is 5.97 Å². The monoisotopic (exact) mass is 311 g/mol. The average molecular weight is 311 g/mol. The predicted molar refractivity (Wildman–Crippen MR) is 86.8 cm³/mol. The molecule has 21 heavy (non-hydrogen) atoms. The maximum atomic E-state index is 11.9. The number of aromatic nitrogens is 2. The third kappa shape index (κ3) is 3.36. The summed E-state index contributed by atoms with van der Waals surface area (Å²) >= 11 is 1.94. The summed E-state index contributed by atoms with van der Waals surface area (Å²) in [5.74, 6) is 0.947. The molecule has 0 bridgehead atoms. The van der Waals surface area contributed by atoms with Gasteiger partial charge in [0.2, 0.25) is 0 Å². The molecule has 0 aromatic carbocycles. The van der Waals surface area contributed by atoms with E-state index in [4.69, 9.17) is 10.5 Å². The quantitative estimate of drug-likeness (QED) is 0.846. The van der Waals surface area contributed by atoms with Crippen LogP contribution in [0.3, 0.4) is 0 Å². The van der Waals surface area contributed by atoms with E-state index in [9.17, 15) is 4.79 Å². The van der Waals surface area contributed by atoms with Crippen LogP contribution in [0.5, 0.6) is 0 Å². The van der Waals surface area contributed by atoms with E-state index >= 15 is 0 Å². The molecule has 2 N–H and O–H groups in total. The zero-order valence-electron chi connectivity index (χ0n) is 13.1. The number of nitrogen functional groups attached to an aromatic ring is 1. The van der Waals surface area contributed by atoms with Gasteiger partial charge in [-0.3, -0.25) is 0 Å². The molecular weight excluding hydrogens is 286 g/mol. The topological polar surface area (TPSA) is 70.1 Å². The third-order valence-corrected chi connectivity index (χ3v) is 5.29. The standard InChI is InChI=1S/C15H25N3O2S/c1-4-12-17-13(15(19)20-5-2)14(16)18(12)10-6-8-11(21-3)9-7-10/h10-11H,4-9,16H2,1-3H3. The summed E-state index contributed by atoms with van der Waals surface area (Å²) in [7, 11) is 0. The largest absolute Gasteiger partial charge is 0.461 e. The fourth-order valence-corrected chi connectivity index (χ4v) is 3.78. The smallest absolute Gasteiger partial charge is 0.360 e. The van der Waals surface area contributed by atoms with Gasteiger partial charge in [0.25, 0.3) is 0 Å². The molecule has 1 aromatic heterocycles. The summed E-state index contributed by atoms with van der Waals surface area (Å²) < 4.78 is 7.12. The highest BCUT2D eigenvalue weighted by molar-refractivity contribution is 7.99. The number of ether oxygens (including phenoxy) is 1. The second-order valence-corrected chi connectivity index (χ2v) is 6.51. The van der Waals surface area contributed by atoms with Crippen LogP contribution in [0.1, 0.15) is 61.9 Å². The van der Waals surface area contributed by atoms with Gasteiger partial charge in [-0.2, -0.15) is 11.8 Å². The maximum Gasteiger partial charge on any atom is 0.360 e. The summed E-state index contributed by atoms with van der Waals surface area (Å²) in [5, 5.41) is 0.751. The number of carbonyl (C=O) groups excluding carboxylic acids is 1. The summed E-state index contributed by atoms with van der Waals surface area (Å²) in [6.45, 7) is 4.17. The van der Waals surface area contributed by atoms with E-state index in [1.165, 1.54) is 12.8 Å². The van der Waals surface area contributed by atoms with Crippen molar-refractivity contribution in [3.05, 3.63) is 11.5 Å². The zero-order valence-corrected chi connectivity index (χ0v) is 13.9. The van der Waals surface area contributed by atoms with Gasteiger partial charge in [0.1, 0.15) is 11.6 Å². The van der Waals surface area contributed by atoms with E-state index in [1.807, 2.05) is 18.7 Å². The van der Waals surface area contributed by atoms with E-state index in [-0.39, 0.29) is 5.69 Å². The third-order valence-electron chi connectivity index (χ3n) is 4.15. The highest BCUT2D eigenvalue weighted by Gasteiger charge is 2.28. The normalized spacial score (nSPS) is 22.2. The van der Waals surface area contributed by atoms with Crippen LogP contribution < -0.4 is 5.73 Å². The van der Waals surface area contributed by atoms with Crippen LogP contribution in [0.15, 0.2) is 0 Å². The predicted octanol–water partition coefficient (Wildman–Crippen LogP) is 3.05. The lowest BCUT2D eigenvalue weighted by molar-refractivity contribution is 0.0521. The molecule has 0 unspecified atom stereocenters. The zero-order chi connectivity index (χ0) is 15.4. The van der Waals surface area contributed by atoms with Crippen molar-refractivity contribution in [1.82, 2.24) is 9.55 Å². The minimum absolute atomic E-state index is 0.278. The van der Waals surface area contributed by atoms with Crippen LogP contribution in [0.2, 0.25) is 0 Å². The molecule has 2 rings (SSSR count). The second-order valence-electron chi connectivity index (χ2n) is 5.37. The van der Waals surface area contributed by atoms with Crippen molar-refractivity contribution >= 4 is 23.5 Å². The molecule has 0 spiro atoms. The number of carbonyl (C=O) groups is 1. The van der Waals surface area contributed by atoms with Crippen LogP contribution in [-0.2, 0) is 11.2 Å². The number of anilines is 1. The molecule has 0 aliphatic heterocycles. The highest BCUT2D eigenvalue weighted by atomic mass is 32.2. The summed E-state index contributed by atoms with van der Waals surface area (Å²) in [5.41, 5.74) is 6.48. The van der Waals surface area contributed by atoms with Gasteiger partial charge in [0, 0.05) is 17.7 Å². The molecular formula is C15H25N3O2S. The van der Waals surface area contributed by atoms with E-state index in [0.29, 0.717) is 18.5 Å². The van der Waals surface area contributed by atoms with Crippen molar-refractivity contribution in [2.24, 2.45) is 0 Å². The average Bonchev–Trinajstić information content (AvgIpc) is 2.84. The molecule has 6 heteroatoms.